The van der Waals surface area contributed by atoms with Gasteiger partial charge in [-0.25, -0.2) is 0 Å². The van der Waals surface area contributed by atoms with Crippen molar-refractivity contribution in [2.75, 3.05) is 0 Å². The first-order chi connectivity index (χ1) is 24.9. The molecule has 1 aliphatic carbocycles. The van der Waals surface area contributed by atoms with E-state index < -0.39 is 0 Å². The predicted molar refractivity (Wildman–Crippen MR) is 225 cm³/mol. The van der Waals surface area contributed by atoms with E-state index in [9.17, 15) is 0 Å². The maximum atomic E-state index is 3.94. The normalized spacial score (nSPS) is 12.3. The Balaban J connectivity index is 0.00000184. The molecule has 0 saturated heterocycles. The van der Waals surface area contributed by atoms with Gasteiger partial charge in [0.25, 0.3) is 0 Å². The van der Waals surface area contributed by atoms with Crippen LogP contribution in [0.4, 0.5) is 0 Å². The van der Waals surface area contributed by atoms with Crippen molar-refractivity contribution in [3.63, 3.8) is 0 Å². The Labute approximate surface area is 302 Å². The highest BCUT2D eigenvalue weighted by Gasteiger charge is 2.25. The third-order valence-electron chi connectivity index (χ3n) is 10.5. The van der Waals surface area contributed by atoms with Crippen LogP contribution in [-0.2, 0) is 11.8 Å². The molecular weight excluding hydrogens is 613 g/mol. The summed E-state index contributed by atoms with van der Waals surface area (Å²) in [5.41, 5.74) is 13.4. The molecule has 0 radical (unpaired) electrons. The first-order valence-electron chi connectivity index (χ1n) is 18.4. The summed E-state index contributed by atoms with van der Waals surface area (Å²) in [4.78, 5) is 0. The van der Waals surface area contributed by atoms with Crippen LogP contribution in [0.15, 0.2) is 152 Å². The van der Waals surface area contributed by atoms with Gasteiger partial charge in [0.1, 0.15) is 0 Å². The van der Waals surface area contributed by atoms with Crippen LogP contribution in [0.3, 0.4) is 0 Å². The summed E-state index contributed by atoms with van der Waals surface area (Å²) in [7, 11) is 0. The maximum Gasteiger partial charge on any atom is -0.00137 e. The number of rotatable bonds is 5. The number of allylic oxidation sites excluding steroid dienone is 2. The molecule has 248 valence electrons. The Bertz CT molecular complexity index is 2620. The molecule has 9 rings (SSSR count). The van der Waals surface area contributed by atoms with Crippen molar-refractivity contribution in [1.29, 1.82) is 0 Å². The molecule has 0 unspecified atom stereocenters. The van der Waals surface area contributed by atoms with E-state index in [1.165, 1.54) is 98.7 Å². The molecule has 51 heavy (non-hydrogen) atoms. The van der Waals surface area contributed by atoms with E-state index in [2.05, 4.69) is 173 Å². The maximum absolute atomic E-state index is 3.94. The second kappa shape index (κ2) is 12.9. The van der Waals surface area contributed by atoms with Crippen LogP contribution in [0.2, 0.25) is 0 Å². The van der Waals surface area contributed by atoms with Gasteiger partial charge in [-0.3, -0.25) is 0 Å². The quantitative estimate of drug-likeness (QED) is 0.128. The fourth-order valence-electron chi connectivity index (χ4n) is 8.23. The number of fused-ring (bicyclic) bond motifs is 5. The first kappa shape index (κ1) is 32.5. The van der Waals surface area contributed by atoms with E-state index in [1.807, 2.05) is 19.9 Å². The highest BCUT2D eigenvalue weighted by atomic mass is 14.3. The van der Waals surface area contributed by atoms with Crippen molar-refractivity contribution in [2.24, 2.45) is 0 Å². The van der Waals surface area contributed by atoms with Gasteiger partial charge in [-0.15, -0.1) is 0 Å². The van der Waals surface area contributed by atoms with Crippen LogP contribution in [-0.4, -0.2) is 0 Å². The van der Waals surface area contributed by atoms with Crippen LogP contribution in [0.1, 0.15) is 56.9 Å². The summed E-state index contributed by atoms with van der Waals surface area (Å²) >= 11 is 0. The molecule has 8 aromatic carbocycles. The van der Waals surface area contributed by atoms with Crippen LogP contribution >= 0.6 is 0 Å². The molecule has 0 aromatic heterocycles. The fourth-order valence-corrected chi connectivity index (χ4v) is 8.23. The lowest BCUT2D eigenvalue weighted by Gasteiger charge is -2.24. The van der Waals surface area contributed by atoms with Crippen molar-refractivity contribution in [3.8, 4) is 33.4 Å². The van der Waals surface area contributed by atoms with Gasteiger partial charge in [0.2, 0.25) is 0 Å². The molecule has 0 aliphatic heterocycles. The predicted octanol–water partition coefficient (Wildman–Crippen LogP) is 14.7. The van der Waals surface area contributed by atoms with Crippen LogP contribution in [0.25, 0.3) is 82.5 Å². The topological polar surface area (TPSA) is 0 Å². The van der Waals surface area contributed by atoms with E-state index in [1.54, 1.807) is 0 Å². The van der Waals surface area contributed by atoms with Crippen LogP contribution in [0.5, 0.6) is 0 Å². The highest BCUT2D eigenvalue weighted by Crippen LogP contribution is 2.49. The van der Waals surface area contributed by atoms with E-state index in [4.69, 9.17) is 0 Å². The van der Waals surface area contributed by atoms with E-state index in [-0.39, 0.29) is 5.41 Å². The van der Waals surface area contributed by atoms with E-state index in [0.29, 0.717) is 0 Å². The van der Waals surface area contributed by atoms with Crippen molar-refractivity contribution < 1.29 is 0 Å². The molecule has 0 spiro atoms. The minimum atomic E-state index is 0.0450. The molecule has 0 bridgehead atoms. The second-order valence-electron chi connectivity index (χ2n) is 14.4. The summed E-state index contributed by atoms with van der Waals surface area (Å²) in [6.07, 6.45) is 7.24. The monoisotopic (exact) mass is 656 g/mol. The summed E-state index contributed by atoms with van der Waals surface area (Å²) in [5, 5.41) is 10.3. The smallest absolute Gasteiger partial charge is 0.00137 e. The Hall–Kier alpha value is -5.72. The third kappa shape index (κ3) is 5.38. The van der Waals surface area contributed by atoms with Crippen LogP contribution < -0.4 is 0 Å². The lowest BCUT2D eigenvalue weighted by Crippen LogP contribution is -2.11. The summed E-state index contributed by atoms with van der Waals surface area (Å²) in [6.45, 7) is 14.9. The van der Waals surface area contributed by atoms with Crippen molar-refractivity contribution >= 4 is 49.2 Å². The molecule has 0 saturated carbocycles. The Morgan fingerprint density at radius 2 is 0.882 bits per heavy atom. The largest absolute Gasteiger partial charge is 0.0991 e. The minimum absolute atomic E-state index is 0.0450. The Morgan fingerprint density at radius 1 is 0.471 bits per heavy atom. The van der Waals surface area contributed by atoms with Gasteiger partial charge in [-0.05, 0) is 111 Å². The molecule has 0 nitrogen and oxygen atoms in total. The first-order valence-corrected chi connectivity index (χ1v) is 18.4. The minimum Gasteiger partial charge on any atom is -0.0991 e. The van der Waals surface area contributed by atoms with Crippen molar-refractivity contribution in [1.82, 2.24) is 0 Å². The zero-order chi connectivity index (χ0) is 35.3. The summed E-state index contributed by atoms with van der Waals surface area (Å²) in [5.74, 6) is 0. The highest BCUT2D eigenvalue weighted by molar-refractivity contribution is 6.26. The molecule has 0 heterocycles. The number of benzene rings is 8. The van der Waals surface area contributed by atoms with Gasteiger partial charge >= 0.3 is 0 Å². The lowest BCUT2D eigenvalue weighted by atomic mass is 9.79. The van der Waals surface area contributed by atoms with E-state index in [0.717, 1.165) is 6.42 Å². The van der Waals surface area contributed by atoms with Gasteiger partial charge in [-0.1, -0.05) is 193 Å². The van der Waals surface area contributed by atoms with E-state index >= 15 is 0 Å². The fraction of sp³-hybridized carbons (Fsp3) is 0.137. The molecule has 0 atom stereocenters. The number of hydrogen-bond donors (Lipinski definition) is 0. The average molecular weight is 657 g/mol. The Kier molecular flexibility index (Phi) is 8.20. The Morgan fingerprint density at radius 3 is 1.39 bits per heavy atom. The van der Waals surface area contributed by atoms with Gasteiger partial charge in [-0.2, -0.15) is 0 Å². The second-order valence-corrected chi connectivity index (χ2v) is 14.4. The molecule has 0 heteroatoms. The zero-order valence-corrected chi connectivity index (χ0v) is 30.3. The molecule has 0 amide bonds. The number of hydrogen-bond acceptors (Lipinski definition) is 0. The van der Waals surface area contributed by atoms with Gasteiger partial charge in [0.05, 0.1) is 0 Å². The average Bonchev–Trinajstić information content (AvgIpc) is 3.96. The molecule has 0 N–H and O–H groups in total. The van der Waals surface area contributed by atoms with Crippen molar-refractivity contribution in [2.45, 2.75) is 46.5 Å². The molecule has 0 fully saturated rings. The molecule has 1 aliphatic rings. The molecule has 8 aromatic rings. The standard InChI is InChI=1S/C49H38.C2H6/c1-5-6-15-34-36(25-24-31-30-45(31)34)37-26-27-43(33-17-8-7-16-32(33)37)47-39-20-11-13-22-41(39)48(42-23-14-12-21-40(42)47)44-28-29-46(49(2,3)4)38-19-10-9-18-35(38)44;1-2/h5-29H,1,30H2,2-4H3;1-2H3/b15-6-;. The zero-order valence-electron chi connectivity index (χ0n) is 30.3. The summed E-state index contributed by atoms with van der Waals surface area (Å²) in [6, 6.07) is 50.0. The van der Waals surface area contributed by atoms with Crippen molar-refractivity contribution in [3.05, 3.63) is 174 Å². The van der Waals surface area contributed by atoms with Gasteiger partial charge in [0, 0.05) is 0 Å². The van der Waals surface area contributed by atoms with Gasteiger partial charge < -0.3 is 0 Å². The lowest BCUT2D eigenvalue weighted by molar-refractivity contribution is 0.596. The van der Waals surface area contributed by atoms with Gasteiger partial charge in [0.15, 0.2) is 0 Å². The SMILES string of the molecule is C=C/C=C\c1c(-c2ccc(-c3c4ccccc4c(-c4ccc(C(C)(C)C)c5ccccc45)c4ccccc34)c3ccccc23)ccc2c1C2.CC. The summed E-state index contributed by atoms with van der Waals surface area (Å²) < 4.78 is 0. The molecular formula is C51H44. The van der Waals surface area contributed by atoms with Crippen LogP contribution in [0, 0.1) is 0 Å². The third-order valence-corrected chi connectivity index (χ3v) is 10.5.